The van der Waals surface area contributed by atoms with E-state index in [4.69, 9.17) is 0 Å². The molecule has 0 radical (unpaired) electrons. The van der Waals surface area contributed by atoms with Gasteiger partial charge in [0.2, 0.25) is 5.91 Å². The van der Waals surface area contributed by atoms with Crippen molar-refractivity contribution in [2.45, 2.75) is 64.7 Å². The number of halogens is 1. The average Bonchev–Trinajstić information content (AvgIpc) is 2.68. The van der Waals surface area contributed by atoms with Crippen LogP contribution < -0.4 is 10.6 Å². The van der Waals surface area contributed by atoms with E-state index in [1.807, 2.05) is 0 Å². The lowest BCUT2D eigenvalue weighted by molar-refractivity contribution is -0.127. The second-order valence-corrected chi connectivity index (χ2v) is 8.08. The van der Waals surface area contributed by atoms with Gasteiger partial charge in [-0.1, -0.05) is 37.3 Å². The van der Waals surface area contributed by atoms with E-state index < -0.39 is 0 Å². The number of carbonyl (C=O) groups excluding carboxylic acids is 1. The maximum absolute atomic E-state index is 11.9. The summed E-state index contributed by atoms with van der Waals surface area (Å²) in [7, 11) is 3.52. The molecule has 1 amide bonds. The molecule has 1 aliphatic rings. The van der Waals surface area contributed by atoms with E-state index in [9.17, 15) is 4.79 Å². The van der Waals surface area contributed by atoms with Crippen molar-refractivity contribution in [2.75, 3.05) is 27.2 Å². The van der Waals surface area contributed by atoms with Crippen LogP contribution in [0.1, 0.15) is 45.6 Å². The molecule has 0 aliphatic carbocycles. The van der Waals surface area contributed by atoms with Crippen LogP contribution >= 0.6 is 24.0 Å². The Bertz CT molecular complexity index is 637. The Labute approximate surface area is 193 Å². The number of guanidine groups is 1. The molecule has 1 heterocycles. The van der Waals surface area contributed by atoms with Gasteiger partial charge in [0.25, 0.3) is 0 Å². The molecule has 2 rings (SSSR count). The third kappa shape index (κ3) is 8.90. The summed E-state index contributed by atoms with van der Waals surface area (Å²) in [5.41, 5.74) is 1.36. The maximum Gasteiger partial charge on any atom is 0.243 e. The van der Waals surface area contributed by atoms with Crippen LogP contribution in [0.25, 0.3) is 0 Å². The first kappa shape index (κ1) is 25.7. The largest absolute Gasteiger partial charge is 0.354 e. The minimum absolute atomic E-state index is 0. The van der Waals surface area contributed by atoms with Crippen molar-refractivity contribution >= 4 is 35.8 Å². The van der Waals surface area contributed by atoms with Gasteiger partial charge in [-0.25, -0.2) is 4.99 Å². The molecule has 1 saturated heterocycles. The van der Waals surface area contributed by atoms with Crippen molar-refractivity contribution in [1.29, 1.82) is 0 Å². The summed E-state index contributed by atoms with van der Waals surface area (Å²) in [4.78, 5) is 20.6. The van der Waals surface area contributed by atoms with Gasteiger partial charge in [0.05, 0.1) is 0 Å². The zero-order valence-corrected chi connectivity index (χ0v) is 20.8. The number of hydrogen-bond acceptors (Lipinski definition) is 3. The first-order valence-electron chi connectivity index (χ1n) is 10.4. The Morgan fingerprint density at radius 3 is 2.59 bits per heavy atom. The molecule has 0 bridgehead atoms. The average molecular weight is 515 g/mol. The number of piperidine rings is 1. The van der Waals surface area contributed by atoms with E-state index in [0.717, 1.165) is 38.3 Å². The van der Waals surface area contributed by atoms with E-state index in [-0.39, 0.29) is 36.4 Å². The highest BCUT2D eigenvalue weighted by Crippen LogP contribution is 2.20. The van der Waals surface area contributed by atoms with Gasteiger partial charge in [0, 0.05) is 45.3 Å². The summed E-state index contributed by atoms with van der Waals surface area (Å²) in [6, 6.07) is 11.8. The van der Waals surface area contributed by atoms with Gasteiger partial charge in [0.1, 0.15) is 6.54 Å². The molecular weight excluding hydrogens is 477 g/mol. The highest BCUT2D eigenvalue weighted by molar-refractivity contribution is 14.0. The summed E-state index contributed by atoms with van der Waals surface area (Å²) in [5.74, 6) is 0.759. The van der Waals surface area contributed by atoms with Crippen LogP contribution in [-0.4, -0.2) is 67.0 Å². The fourth-order valence-electron chi connectivity index (χ4n) is 3.35. The monoisotopic (exact) mass is 515 g/mol. The number of rotatable bonds is 7. The molecule has 7 heteroatoms. The molecule has 3 unspecified atom stereocenters. The molecule has 6 nitrogen and oxygen atoms in total. The number of carbonyl (C=O) groups is 1. The molecule has 1 aromatic rings. The van der Waals surface area contributed by atoms with Gasteiger partial charge in [0.15, 0.2) is 5.96 Å². The summed E-state index contributed by atoms with van der Waals surface area (Å²) in [6.07, 6.45) is 3.14. The minimum atomic E-state index is 0. The normalized spacial score (nSPS) is 21.1. The van der Waals surface area contributed by atoms with Crippen LogP contribution in [0.15, 0.2) is 35.3 Å². The SMILES string of the molecule is CCC(C)NC(=NCC(=O)N(C)C)NC1CCN(Cc2ccccc2)C(C)C1.I. The second-order valence-electron chi connectivity index (χ2n) is 8.08. The van der Waals surface area contributed by atoms with Gasteiger partial charge in [-0.2, -0.15) is 0 Å². The molecule has 1 aliphatic heterocycles. The van der Waals surface area contributed by atoms with Crippen molar-refractivity contribution in [3.8, 4) is 0 Å². The first-order valence-corrected chi connectivity index (χ1v) is 10.4. The smallest absolute Gasteiger partial charge is 0.243 e. The van der Waals surface area contributed by atoms with Crippen molar-refractivity contribution < 1.29 is 4.79 Å². The number of nitrogens with one attached hydrogen (secondary N) is 2. The lowest BCUT2D eigenvalue weighted by Gasteiger charge is -2.38. The van der Waals surface area contributed by atoms with E-state index in [2.05, 4.69) is 71.6 Å². The zero-order chi connectivity index (χ0) is 20.5. The first-order chi connectivity index (χ1) is 13.4. The topological polar surface area (TPSA) is 60.0 Å². The number of likely N-dealkylation sites (tertiary alicyclic amines) is 1. The molecule has 0 aromatic heterocycles. The van der Waals surface area contributed by atoms with E-state index in [1.165, 1.54) is 5.56 Å². The Hall–Kier alpha value is -1.35. The number of amides is 1. The van der Waals surface area contributed by atoms with Crippen LogP contribution in [0, 0.1) is 0 Å². The lowest BCUT2D eigenvalue weighted by Crippen LogP contribution is -2.52. The van der Waals surface area contributed by atoms with Crippen LogP contribution in [-0.2, 0) is 11.3 Å². The van der Waals surface area contributed by atoms with Crippen LogP contribution in [0.2, 0.25) is 0 Å². The van der Waals surface area contributed by atoms with Crippen molar-refractivity contribution in [1.82, 2.24) is 20.4 Å². The third-order valence-corrected chi connectivity index (χ3v) is 5.45. The molecule has 29 heavy (non-hydrogen) atoms. The zero-order valence-electron chi connectivity index (χ0n) is 18.5. The summed E-state index contributed by atoms with van der Waals surface area (Å²) < 4.78 is 0. The molecule has 2 N–H and O–H groups in total. The molecule has 1 aromatic carbocycles. The Kier molecular flexibility index (Phi) is 11.6. The predicted molar refractivity (Wildman–Crippen MR) is 132 cm³/mol. The van der Waals surface area contributed by atoms with Crippen LogP contribution in [0.3, 0.4) is 0 Å². The van der Waals surface area contributed by atoms with E-state index in [1.54, 1.807) is 19.0 Å². The van der Waals surface area contributed by atoms with E-state index >= 15 is 0 Å². The number of nitrogens with zero attached hydrogens (tertiary/aromatic N) is 3. The van der Waals surface area contributed by atoms with Crippen LogP contribution in [0.4, 0.5) is 0 Å². The highest BCUT2D eigenvalue weighted by atomic mass is 127. The fraction of sp³-hybridized carbons (Fsp3) is 0.636. The fourth-order valence-corrected chi connectivity index (χ4v) is 3.35. The van der Waals surface area contributed by atoms with Crippen LogP contribution in [0.5, 0.6) is 0 Å². The van der Waals surface area contributed by atoms with Gasteiger partial charge in [-0.05, 0) is 38.7 Å². The summed E-state index contributed by atoms with van der Waals surface area (Å²) in [5, 5.41) is 7.00. The summed E-state index contributed by atoms with van der Waals surface area (Å²) >= 11 is 0. The number of aliphatic imine (C=N–C) groups is 1. The van der Waals surface area contributed by atoms with Crippen molar-refractivity contribution in [2.24, 2.45) is 4.99 Å². The van der Waals surface area contributed by atoms with E-state index in [0.29, 0.717) is 18.1 Å². The number of benzene rings is 1. The lowest BCUT2D eigenvalue weighted by atomic mass is 9.97. The Morgan fingerprint density at radius 1 is 1.31 bits per heavy atom. The minimum Gasteiger partial charge on any atom is -0.354 e. The maximum atomic E-state index is 11.9. The van der Waals surface area contributed by atoms with Gasteiger partial charge >= 0.3 is 0 Å². The van der Waals surface area contributed by atoms with Gasteiger partial charge in [-0.3, -0.25) is 9.69 Å². The van der Waals surface area contributed by atoms with Gasteiger partial charge < -0.3 is 15.5 Å². The Morgan fingerprint density at radius 2 is 2.00 bits per heavy atom. The molecule has 0 saturated carbocycles. The van der Waals surface area contributed by atoms with Crippen molar-refractivity contribution in [3.63, 3.8) is 0 Å². The highest BCUT2D eigenvalue weighted by Gasteiger charge is 2.26. The summed E-state index contributed by atoms with van der Waals surface area (Å²) in [6.45, 7) is 8.80. The van der Waals surface area contributed by atoms with Gasteiger partial charge in [-0.15, -0.1) is 24.0 Å². The second kappa shape index (κ2) is 13.1. The Balaban J connectivity index is 0.00000420. The number of likely N-dealkylation sites (N-methyl/N-ethyl adjacent to an activating group) is 1. The molecule has 3 atom stereocenters. The molecule has 164 valence electrons. The molecule has 1 fully saturated rings. The predicted octanol–water partition coefficient (Wildman–Crippen LogP) is 3.08. The molecule has 0 spiro atoms. The van der Waals surface area contributed by atoms with Crippen molar-refractivity contribution in [3.05, 3.63) is 35.9 Å². The number of hydrogen-bond donors (Lipinski definition) is 2. The molecular formula is C22H38IN5O. The third-order valence-electron chi connectivity index (χ3n) is 5.45. The quantitative estimate of drug-likeness (QED) is 0.333. The standard InChI is InChI=1S/C22H37N5O.HI/c1-6-17(2)24-22(23-15-21(28)26(4)5)25-20-12-13-27(18(3)14-20)16-19-10-8-7-9-11-19;/h7-11,17-18,20H,6,12-16H2,1-5H3,(H2,23,24,25);1H.